The maximum atomic E-state index is 13.3. The van der Waals surface area contributed by atoms with Gasteiger partial charge in [0.25, 0.3) is 0 Å². The molecule has 2 N–H and O–H groups in total. The second-order valence-electron chi connectivity index (χ2n) is 3.22. The molecule has 0 radical (unpaired) electrons. The minimum Gasteiger partial charge on any atom is -0.336 e. The molecule has 5 nitrogen and oxygen atoms in total. The van der Waals surface area contributed by atoms with Crippen molar-refractivity contribution in [3.05, 3.63) is 30.0 Å². The van der Waals surface area contributed by atoms with Crippen molar-refractivity contribution in [3.8, 4) is 11.5 Å². The Balaban J connectivity index is 2.27. The highest BCUT2D eigenvalue weighted by Crippen LogP contribution is 2.21. The number of nitrogens with zero attached hydrogens (tertiary/aromatic N) is 3. The van der Waals surface area contributed by atoms with Crippen LogP contribution >= 0.6 is 0 Å². The third kappa shape index (κ3) is 1.25. The molecule has 7 heteroatoms. The van der Waals surface area contributed by atoms with E-state index in [0.29, 0.717) is 11.5 Å². The van der Waals surface area contributed by atoms with E-state index < -0.39 is 11.6 Å². The number of benzene rings is 1. The van der Waals surface area contributed by atoms with E-state index in [9.17, 15) is 8.78 Å². The summed E-state index contributed by atoms with van der Waals surface area (Å²) in [5, 5.41) is 9.80. The number of imidazole rings is 1. The number of aromatic nitrogens is 5. The molecule has 3 aromatic rings. The zero-order valence-electron chi connectivity index (χ0n) is 7.83. The normalized spacial score (nSPS) is 11.1. The van der Waals surface area contributed by atoms with Crippen molar-refractivity contribution in [3.63, 3.8) is 0 Å². The fraction of sp³-hybridized carbons (Fsp3) is 0. The Labute approximate surface area is 87.5 Å². The lowest BCUT2D eigenvalue weighted by molar-refractivity contribution is 0.591. The van der Waals surface area contributed by atoms with Gasteiger partial charge in [-0.3, -0.25) is 0 Å². The smallest absolute Gasteiger partial charge is 0.160 e. The number of H-pyrrole nitrogens is 2. The van der Waals surface area contributed by atoms with Gasteiger partial charge in [0.05, 0.1) is 11.7 Å². The van der Waals surface area contributed by atoms with Gasteiger partial charge < -0.3 is 4.98 Å². The second kappa shape index (κ2) is 3.09. The summed E-state index contributed by atoms with van der Waals surface area (Å²) >= 11 is 0. The van der Waals surface area contributed by atoms with Crippen molar-refractivity contribution in [1.29, 1.82) is 0 Å². The molecule has 2 aromatic heterocycles. The monoisotopic (exact) mass is 221 g/mol. The van der Waals surface area contributed by atoms with E-state index in [1.165, 1.54) is 12.3 Å². The van der Waals surface area contributed by atoms with Crippen molar-refractivity contribution in [2.45, 2.75) is 0 Å². The van der Waals surface area contributed by atoms with Crippen molar-refractivity contribution < 1.29 is 8.78 Å². The Kier molecular flexibility index (Phi) is 1.73. The largest absolute Gasteiger partial charge is 0.336 e. The van der Waals surface area contributed by atoms with E-state index in [2.05, 4.69) is 25.4 Å². The number of rotatable bonds is 1. The summed E-state index contributed by atoms with van der Waals surface area (Å²) in [5.74, 6) is -1.02. The maximum Gasteiger partial charge on any atom is 0.160 e. The molecule has 0 spiro atoms. The second-order valence-corrected chi connectivity index (χ2v) is 3.22. The first-order valence-corrected chi connectivity index (χ1v) is 4.45. The molecule has 0 aliphatic rings. The molecule has 0 fully saturated rings. The van der Waals surface area contributed by atoms with Crippen molar-refractivity contribution in [1.82, 2.24) is 25.4 Å². The third-order valence-corrected chi connectivity index (χ3v) is 2.16. The van der Waals surface area contributed by atoms with E-state index in [-0.39, 0.29) is 11.0 Å². The molecule has 3 rings (SSSR count). The SMILES string of the molecule is Fc1cc(F)c2nc(-c3cn[nH]n3)[nH]c2c1. The summed E-state index contributed by atoms with van der Waals surface area (Å²) in [7, 11) is 0. The highest BCUT2D eigenvalue weighted by Gasteiger charge is 2.12. The number of fused-ring (bicyclic) bond motifs is 1. The average Bonchev–Trinajstić information content (AvgIpc) is 2.82. The van der Waals surface area contributed by atoms with Gasteiger partial charge in [0.2, 0.25) is 0 Å². The van der Waals surface area contributed by atoms with Gasteiger partial charge >= 0.3 is 0 Å². The van der Waals surface area contributed by atoms with Crippen LogP contribution in [0.2, 0.25) is 0 Å². The minimum absolute atomic E-state index is 0.0828. The quantitative estimate of drug-likeness (QED) is 0.656. The molecular formula is C9H5F2N5. The summed E-state index contributed by atoms with van der Waals surface area (Å²) in [6.45, 7) is 0. The van der Waals surface area contributed by atoms with Gasteiger partial charge in [-0.1, -0.05) is 0 Å². The van der Waals surface area contributed by atoms with Gasteiger partial charge in [-0.15, -0.1) is 0 Å². The molecule has 16 heavy (non-hydrogen) atoms. The van der Waals surface area contributed by atoms with E-state index in [0.717, 1.165) is 6.07 Å². The van der Waals surface area contributed by atoms with Crippen LogP contribution in [0.15, 0.2) is 18.3 Å². The van der Waals surface area contributed by atoms with Crippen molar-refractivity contribution in [2.24, 2.45) is 0 Å². The summed E-state index contributed by atoms with van der Waals surface area (Å²) in [5.41, 5.74) is 0.811. The van der Waals surface area contributed by atoms with E-state index in [1.54, 1.807) is 0 Å². The van der Waals surface area contributed by atoms with Crippen molar-refractivity contribution in [2.75, 3.05) is 0 Å². The number of hydrogen-bond donors (Lipinski definition) is 2. The first-order valence-electron chi connectivity index (χ1n) is 4.45. The summed E-state index contributed by atoms with van der Waals surface area (Å²) in [6.07, 6.45) is 1.44. The van der Waals surface area contributed by atoms with Crippen LogP contribution in [0.4, 0.5) is 8.78 Å². The van der Waals surface area contributed by atoms with Gasteiger partial charge in [-0.05, 0) is 6.07 Å². The lowest BCUT2D eigenvalue weighted by Crippen LogP contribution is -1.81. The predicted molar refractivity (Wildman–Crippen MR) is 51.4 cm³/mol. The number of aromatic amines is 2. The zero-order chi connectivity index (χ0) is 11.1. The van der Waals surface area contributed by atoms with Crippen LogP contribution in [0.3, 0.4) is 0 Å². The van der Waals surface area contributed by atoms with Crippen LogP contribution in [0.5, 0.6) is 0 Å². The third-order valence-electron chi connectivity index (χ3n) is 2.16. The number of hydrogen-bond acceptors (Lipinski definition) is 3. The Morgan fingerprint density at radius 3 is 2.81 bits per heavy atom. The predicted octanol–water partition coefficient (Wildman–Crippen LogP) is 1.63. The van der Waals surface area contributed by atoms with Crippen molar-refractivity contribution >= 4 is 11.0 Å². The van der Waals surface area contributed by atoms with E-state index in [4.69, 9.17) is 0 Å². The Hall–Kier alpha value is -2.31. The molecule has 0 saturated carbocycles. The number of halogens is 2. The van der Waals surface area contributed by atoms with Crippen LogP contribution in [-0.4, -0.2) is 25.4 Å². The van der Waals surface area contributed by atoms with E-state index >= 15 is 0 Å². The Morgan fingerprint density at radius 1 is 1.19 bits per heavy atom. The molecule has 1 aromatic carbocycles. The average molecular weight is 221 g/mol. The number of nitrogens with one attached hydrogen (secondary N) is 2. The van der Waals surface area contributed by atoms with Crippen LogP contribution in [-0.2, 0) is 0 Å². The Morgan fingerprint density at radius 2 is 2.06 bits per heavy atom. The van der Waals surface area contributed by atoms with Crippen LogP contribution in [0.1, 0.15) is 0 Å². The van der Waals surface area contributed by atoms with E-state index in [1.807, 2.05) is 0 Å². The first kappa shape index (κ1) is 8.96. The topological polar surface area (TPSA) is 70.2 Å². The fourth-order valence-electron chi connectivity index (χ4n) is 1.48. The standard InChI is InChI=1S/C9H5F2N5/c10-4-1-5(11)8-6(2-4)13-9(14-8)7-3-12-16-15-7/h1-3H,(H,13,14)(H,12,15,16). The molecule has 0 atom stereocenters. The van der Waals surface area contributed by atoms with Gasteiger partial charge in [-0.2, -0.15) is 15.4 Å². The molecule has 0 amide bonds. The summed E-state index contributed by atoms with van der Waals surface area (Å²) in [6, 6.07) is 1.96. The minimum atomic E-state index is -0.707. The molecule has 2 heterocycles. The lowest BCUT2D eigenvalue weighted by Gasteiger charge is -1.90. The highest BCUT2D eigenvalue weighted by molar-refractivity contribution is 5.79. The zero-order valence-corrected chi connectivity index (χ0v) is 7.83. The Bertz CT molecular complexity index is 643. The van der Waals surface area contributed by atoms with Crippen LogP contribution in [0.25, 0.3) is 22.6 Å². The van der Waals surface area contributed by atoms with Crippen LogP contribution in [0, 0.1) is 11.6 Å². The molecule has 0 unspecified atom stereocenters. The molecule has 0 bridgehead atoms. The van der Waals surface area contributed by atoms with Gasteiger partial charge in [-0.25, -0.2) is 13.8 Å². The van der Waals surface area contributed by atoms with Gasteiger partial charge in [0.1, 0.15) is 17.0 Å². The lowest BCUT2D eigenvalue weighted by atomic mass is 10.3. The molecule has 80 valence electrons. The molecule has 0 aliphatic carbocycles. The highest BCUT2D eigenvalue weighted by atomic mass is 19.1. The summed E-state index contributed by atoms with van der Waals surface area (Å²) < 4.78 is 26.3. The molecule has 0 saturated heterocycles. The fourth-order valence-corrected chi connectivity index (χ4v) is 1.48. The maximum absolute atomic E-state index is 13.3. The first-order chi connectivity index (χ1) is 7.74. The summed E-state index contributed by atoms with van der Waals surface area (Å²) in [4.78, 5) is 6.74. The van der Waals surface area contributed by atoms with Gasteiger partial charge in [0, 0.05) is 6.07 Å². The van der Waals surface area contributed by atoms with Gasteiger partial charge in [0.15, 0.2) is 11.6 Å². The molecular weight excluding hydrogens is 216 g/mol. The van der Waals surface area contributed by atoms with Crippen LogP contribution < -0.4 is 0 Å². The molecule has 0 aliphatic heterocycles.